The smallest absolute Gasteiger partial charge is 0.116 e. The first-order chi connectivity index (χ1) is 4.61. The molecular weight excluding hydrogens is 137 g/mol. The molecule has 1 aliphatic rings. The van der Waals surface area contributed by atoms with Crippen LogP contribution in [0.2, 0.25) is 0 Å². The second-order valence-electron chi connectivity index (χ2n) is 2.67. The van der Waals surface area contributed by atoms with Crippen LogP contribution in [0.25, 0.3) is 0 Å². The first-order valence-electron chi connectivity index (χ1n) is 3.21. The van der Waals surface area contributed by atoms with Crippen molar-refractivity contribution in [2.45, 2.75) is 25.1 Å². The number of carboxylic acids is 1. The third-order valence-electron chi connectivity index (χ3n) is 1.86. The van der Waals surface area contributed by atoms with Crippen molar-refractivity contribution in [1.82, 2.24) is 0 Å². The molecule has 0 spiro atoms. The summed E-state index contributed by atoms with van der Waals surface area (Å²) < 4.78 is 12.5. The van der Waals surface area contributed by atoms with Crippen LogP contribution in [0.1, 0.15) is 12.8 Å². The predicted octanol–water partition coefficient (Wildman–Crippen LogP) is -1.19. The number of carbonyl (C=O) groups excluding carboxylic acids is 1. The van der Waals surface area contributed by atoms with Gasteiger partial charge in [-0.3, -0.25) is 0 Å². The summed E-state index contributed by atoms with van der Waals surface area (Å²) >= 11 is 0. The van der Waals surface area contributed by atoms with Gasteiger partial charge in [-0.05, 0) is 12.8 Å². The quantitative estimate of drug-likeness (QED) is 0.506. The molecule has 1 aliphatic carbocycles. The van der Waals surface area contributed by atoms with E-state index in [1.54, 1.807) is 0 Å². The van der Waals surface area contributed by atoms with E-state index >= 15 is 0 Å². The van der Waals surface area contributed by atoms with Crippen LogP contribution in [0, 0.1) is 5.92 Å². The Labute approximate surface area is 58.0 Å². The minimum Gasteiger partial charge on any atom is -0.550 e. The van der Waals surface area contributed by atoms with Crippen LogP contribution >= 0.6 is 0 Å². The van der Waals surface area contributed by atoms with Gasteiger partial charge in [-0.25, -0.2) is 4.39 Å². The number of rotatable bonds is 1. The standard InChI is InChI=1S/C6H10FNO2/c7-4-1-3(6(9)10)2-5(4)8/h3-5H,1-2,8H2,(H,9,10)/p-1/t3-,4-,5-/m0/s1. The van der Waals surface area contributed by atoms with E-state index in [1.807, 2.05) is 0 Å². The summed E-state index contributed by atoms with van der Waals surface area (Å²) in [6.07, 6.45) is -0.935. The Morgan fingerprint density at radius 1 is 1.60 bits per heavy atom. The van der Waals surface area contributed by atoms with Gasteiger partial charge < -0.3 is 15.6 Å². The minimum atomic E-state index is -1.18. The van der Waals surface area contributed by atoms with Crippen LogP contribution in [-0.2, 0) is 4.79 Å². The molecular formula is C6H9FNO2-. The van der Waals surface area contributed by atoms with Gasteiger partial charge in [-0.2, -0.15) is 0 Å². The predicted molar refractivity (Wildman–Crippen MR) is 30.6 cm³/mol. The van der Waals surface area contributed by atoms with E-state index in [-0.39, 0.29) is 12.8 Å². The second-order valence-corrected chi connectivity index (χ2v) is 2.67. The van der Waals surface area contributed by atoms with E-state index in [4.69, 9.17) is 5.73 Å². The lowest BCUT2D eigenvalue weighted by molar-refractivity contribution is -0.311. The Kier molecular flexibility index (Phi) is 1.89. The molecule has 1 saturated carbocycles. The third kappa shape index (κ3) is 1.26. The molecule has 0 aromatic carbocycles. The normalized spacial score (nSPS) is 40.0. The molecule has 1 rings (SSSR count). The second kappa shape index (κ2) is 2.54. The molecule has 1 fully saturated rings. The van der Waals surface area contributed by atoms with Gasteiger partial charge in [0.1, 0.15) is 6.17 Å². The molecule has 0 aliphatic heterocycles. The monoisotopic (exact) mass is 146 g/mol. The molecule has 0 radical (unpaired) electrons. The van der Waals surface area contributed by atoms with E-state index < -0.39 is 24.1 Å². The van der Waals surface area contributed by atoms with Crippen LogP contribution in [0.4, 0.5) is 4.39 Å². The highest BCUT2D eigenvalue weighted by molar-refractivity contribution is 5.68. The first-order valence-corrected chi connectivity index (χ1v) is 3.21. The first kappa shape index (κ1) is 7.47. The van der Waals surface area contributed by atoms with E-state index in [1.165, 1.54) is 0 Å². The molecule has 58 valence electrons. The van der Waals surface area contributed by atoms with Gasteiger partial charge in [0.2, 0.25) is 0 Å². The molecule has 0 aromatic rings. The average molecular weight is 146 g/mol. The van der Waals surface area contributed by atoms with Crippen LogP contribution in [-0.4, -0.2) is 18.2 Å². The lowest BCUT2D eigenvalue weighted by Crippen LogP contribution is -2.30. The molecule has 0 saturated heterocycles. The lowest BCUT2D eigenvalue weighted by Gasteiger charge is -2.08. The number of alkyl halides is 1. The number of nitrogens with two attached hydrogens (primary N) is 1. The van der Waals surface area contributed by atoms with Crippen molar-refractivity contribution >= 4 is 5.97 Å². The Morgan fingerprint density at radius 3 is 2.40 bits per heavy atom. The highest BCUT2D eigenvalue weighted by atomic mass is 19.1. The molecule has 10 heavy (non-hydrogen) atoms. The lowest BCUT2D eigenvalue weighted by atomic mass is 10.1. The number of hydrogen-bond acceptors (Lipinski definition) is 3. The zero-order valence-electron chi connectivity index (χ0n) is 5.42. The van der Waals surface area contributed by atoms with Crippen molar-refractivity contribution < 1.29 is 14.3 Å². The number of carbonyl (C=O) groups is 1. The van der Waals surface area contributed by atoms with Gasteiger partial charge in [0, 0.05) is 17.9 Å². The SMILES string of the molecule is N[C@H]1C[C@@H](C(=O)[O-])C[C@@H]1F. The van der Waals surface area contributed by atoms with Crippen molar-refractivity contribution in [2.24, 2.45) is 11.7 Å². The fourth-order valence-electron chi connectivity index (χ4n) is 1.21. The zero-order valence-corrected chi connectivity index (χ0v) is 5.42. The summed E-state index contributed by atoms with van der Waals surface area (Å²) in [5.74, 6) is -1.86. The highest BCUT2D eigenvalue weighted by Crippen LogP contribution is 2.26. The van der Waals surface area contributed by atoms with E-state index in [9.17, 15) is 14.3 Å². The fraction of sp³-hybridized carbons (Fsp3) is 0.833. The fourth-order valence-corrected chi connectivity index (χ4v) is 1.21. The summed E-state index contributed by atoms with van der Waals surface area (Å²) in [5.41, 5.74) is 5.24. The third-order valence-corrected chi connectivity index (χ3v) is 1.86. The van der Waals surface area contributed by atoms with E-state index in [0.717, 1.165) is 0 Å². The van der Waals surface area contributed by atoms with Crippen molar-refractivity contribution in [3.05, 3.63) is 0 Å². The van der Waals surface area contributed by atoms with Gasteiger partial charge in [0.05, 0.1) is 0 Å². The van der Waals surface area contributed by atoms with E-state index in [2.05, 4.69) is 0 Å². The maximum Gasteiger partial charge on any atom is 0.116 e. The van der Waals surface area contributed by atoms with Crippen molar-refractivity contribution in [1.29, 1.82) is 0 Å². The van der Waals surface area contributed by atoms with Gasteiger partial charge in [0.25, 0.3) is 0 Å². The maximum absolute atomic E-state index is 12.5. The van der Waals surface area contributed by atoms with E-state index in [0.29, 0.717) is 0 Å². The topological polar surface area (TPSA) is 66.2 Å². The molecule has 0 bridgehead atoms. The van der Waals surface area contributed by atoms with Gasteiger partial charge in [-0.15, -0.1) is 0 Å². The minimum absolute atomic E-state index is 0.0174. The maximum atomic E-state index is 12.5. The van der Waals surface area contributed by atoms with Gasteiger partial charge in [0.15, 0.2) is 0 Å². The summed E-state index contributed by atoms with van der Waals surface area (Å²) in [5, 5.41) is 10.2. The largest absolute Gasteiger partial charge is 0.550 e. The Bertz CT molecular complexity index is 141. The molecule has 3 atom stereocenters. The summed E-state index contributed by atoms with van der Waals surface area (Å²) in [7, 11) is 0. The van der Waals surface area contributed by atoms with Gasteiger partial charge in [-0.1, -0.05) is 0 Å². The van der Waals surface area contributed by atoms with Crippen molar-refractivity contribution in [3.8, 4) is 0 Å². The highest BCUT2D eigenvalue weighted by Gasteiger charge is 2.32. The number of carboxylic acid groups (broad SMARTS) is 1. The molecule has 0 amide bonds. The van der Waals surface area contributed by atoms with Crippen molar-refractivity contribution in [3.63, 3.8) is 0 Å². The molecule has 4 heteroatoms. The number of halogens is 1. The van der Waals surface area contributed by atoms with Crippen LogP contribution in [0.15, 0.2) is 0 Å². The van der Waals surface area contributed by atoms with Crippen LogP contribution < -0.4 is 10.8 Å². The molecule has 2 N–H and O–H groups in total. The van der Waals surface area contributed by atoms with Crippen LogP contribution in [0.3, 0.4) is 0 Å². The van der Waals surface area contributed by atoms with Crippen LogP contribution in [0.5, 0.6) is 0 Å². The summed E-state index contributed by atoms with van der Waals surface area (Å²) in [6, 6.07) is -0.608. The number of aliphatic carboxylic acids is 1. The molecule has 0 aromatic heterocycles. The Balaban J connectivity index is 2.49. The molecule has 0 unspecified atom stereocenters. The molecule has 3 nitrogen and oxygen atoms in total. The van der Waals surface area contributed by atoms with Crippen molar-refractivity contribution in [2.75, 3.05) is 0 Å². The summed E-state index contributed by atoms with van der Waals surface area (Å²) in [4.78, 5) is 10.2. The summed E-state index contributed by atoms with van der Waals surface area (Å²) in [6.45, 7) is 0. The van der Waals surface area contributed by atoms with Gasteiger partial charge >= 0.3 is 0 Å². The zero-order chi connectivity index (χ0) is 7.72. The Morgan fingerprint density at radius 2 is 2.20 bits per heavy atom. The average Bonchev–Trinajstić information content (AvgIpc) is 2.13. The molecule has 0 heterocycles. The number of hydrogen-bond donors (Lipinski definition) is 1. The Hall–Kier alpha value is -0.640.